The molecular formula is C13H21BrN2O2S. The standard InChI is InChI=1S/C13H21BrN2O2S/c1-8-6-10(14)11(15)7-12(8)19(17,18)16-9(2)13(3,4)5/h6-7,9,16H,15H2,1-5H3. The van der Waals surface area contributed by atoms with Crippen molar-refractivity contribution in [3.63, 3.8) is 0 Å². The van der Waals surface area contributed by atoms with E-state index in [4.69, 9.17) is 5.73 Å². The van der Waals surface area contributed by atoms with E-state index in [2.05, 4.69) is 20.7 Å². The van der Waals surface area contributed by atoms with Crippen molar-refractivity contribution in [3.8, 4) is 0 Å². The van der Waals surface area contributed by atoms with Crippen molar-refractivity contribution in [2.75, 3.05) is 5.73 Å². The molecule has 6 heteroatoms. The molecule has 0 saturated heterocycles. The lowest BCUT2D eigenvalue weighted by molar-refractivity contribution is 0.317. The number of benzene rings is 1. The molecule has 0 fully saturated rings. The number of aryl methyl sites for hydroxylation is 1. The summed E-state index contributed by atoms with van der Waals surface area (Å²) in [5, 5.41) is 0. The first-order chi connectivity index (χ1) is 8.45. The highest BCUT2D eigenvalue weighted by atomic mass is 79.9. The zero-order valence-electron chi connectivity index (χ0n) is 11.9. The Balaban J connectivity index is 3.19. The van der Waals surface area contributed by atoms with Crippen LogP contribution in [0, 0.1) is 12.3 Å². The summed E-state index contributed by atoms with van der Waals surface area (Å²) >= 11 is 3.29. The van der Waals surface area contributed by atoms with E-state index in [-0.39, 0.29) is 16.4 Å². The number of rotatable bonds is 3. The van der Waals surface area contributed by atoms with Crippen molar-refractivity contribution >= 4 is 31.6 Å². The molecule has 0 aliphatic carbocycles. The van der Waals surface area contributed by atoms with Crippen LogP contribution in [0.5, 0.6) is 0 Å². The van der Waals surface area contributed by atoms with E-state index in [1.807, 2.05) is 27.7 Å². The normalized spacial score (nSPS) is 14.4. The van der Waals surface area contributed by atoms with Gasteiger partial charge in [-0.3, -0.25) is 0 Å². The fraction of sp³-hybridized carbons (Fsp3) is 0.538. The summed E-state index contributed by atoms with van der Waals surface area (Å²) in [6, 6.07) is 3.02. The summed E-state index contributed by atoms with van der Waals surface area (Å²) in [6.07, 6.45) is 0. The Kier molecular flexibility index (Phi) is 4.70. The first-order valence-corrected chi connectivity index (χ1v) is 8.30. The topological polar surface area (TPSA) is 72.2 Å². The Hall–Kier alpha value is -0.590. The number of nitrogens with one attached hydrogen (secondary N) is 1. The number of sulfonamides is 1. The molecule has 0 saturated carbocycles. The van der Waals surface area contributed by atoms with E-state index < -0.39 is 10.0 Å². The number of nitrogens with two attached hydrogens (primary N) is 1. The largest absolute Gasteiger partial charge is 0.398 e. The van der Waals surface area contributed by atoms with Crippen LogP contribution in [0.15, 0.2) is 21.5 Å². The molecule has 0 aliphatic rings. The molecule has 108 valence electrons. The van der Waals surface area contributed by atoms with Gasteiger partial charge >= 0.3 is 0 Å². The Morgan fingerprint density at radius 1 is 1.32 bits per heavy atom. The number of nitrogen functional groups attached to an aromatic ring is 1. The van der Waals surface area contributed by atoms with Gasteiger partial charge in [-0.2, -0.15) is 0 Å². The van der Waals surface area contributed by atoms with Crippen molar-refractivity contribution in [2.24, 2.45) is 5.41 Å². The molecule has 4 nitrogen and oxygen atoms in total. The lowest BCUT2D eigenvalue weighted by Gasteiger charge is -2.28. The van der Waals surface area contributed by atoms with Crippen LogP contribution in [0.1, 0.15) is 33.3 Å². The smallest absolute Gasteiger partial charge is 0.241 e. The van der Waals surface area contributed by atoms with Gasteiger partial charge in [-0.1, -0.05) is 20.8 Å². The summed E-state index contributed by atoms with van der Waals surface area (Å²) in [4.78, 5) is 0.226. The van der Waals surface area contributed by atoms with Gasteiger partial charge in [0.2, 0.25) is 10.0 Å². The minimum atomic E-state index is -3.56. The van der Waals surface area contributed by atoms with Crippen molar-refractivity contribution < 1.29 is 8.42 Å². The van der Waals surface area contributed by atoms with Crippen LogP contribution in [-0.4, -0.2) is 14.5 Å². The highest BCUT2D eigenvalue weighted by molar-refractivity contribution is 9.10. The highest BCUT2D eigenvalue weighted by Gasteiger charge is 2.27. The quantitative estimate of drug-likeness (QED) is 0.824. The molecule has 1 atom stereocenters. The number of anilines is 1. The van der Waals surface area contributed by atoms with Crippen LogP contribution in [0.4, 0.5) is 5.69 Å². The van der Waals surface area contributed by atoms with Gasteiger partial charge in [-0.05, 0) is 52.9 Å². The maximum atomic E-state index is 12.4. The summed E-state index contributed by atoms with van der Waals surface area (Å²) in [6.45, 7) is 9.57. The molecule has 1 unspecified atom stereocenters. The molecule has 1 rings (SSSR count). The third-order valence-electron chi connectivity index (χ3n) is 3.21. The first kappa shape index (κ1) is 16.5. The average molecular weight is 349 g/mol. The summed E-state index contributed by atoms with van der Waals surface area (Å²) in [5.74, 6) is 0. The summed E-state index contributed by atoms with van der Waals surface area (Å²) in [5.41, 5.74) is 6.69. The summed E-state index contributed by atoms with van der Waals surface area (Å²) < 4.78 is 28.2. The molecule has 0 aromatic heterocycles. The molecular weight excluding hydrogens is 328 g/mol. The molecule has 0 aliphatic heterocycles. The molecule has 0 spiro atoms. The third kappa shape index (κ3) is 3.94. The van der Waals surface area contributed by atoms with Gasteiger partial charge in [0.05, 0.1) is 4.90 Å². The van der Waals surface area contributed by atoms with Gasteiger partial charge in [0.25, 0.3) is 0 Å². The van der Waals surface area contributed by atoms with Gasteiger partial charge in [0, 0.05) is 16.2 Å². The zero-order chi connectivity index (χ0) is 15.0. The van der Waals surface area contributed by atoms with E-state index in [0.29, 0.717) is 15.7 Å². The van der Waals surface area contributed by atoms with Crippen LogP contribution in [0.25, 0.3) is 0 Å². The summed E-state index contributed by atoms with van der Waals surface area (Å²) in [7, 11) is -3.56. The van der Waals surface area contributed by atoms with Crippen molar-refractivity contribution in [1.29, 1.82) is 0 Å². The number of hydrogen-bond donors (Lipinski definition) is 2. The lowest BCUT2D eigenvalue weighted by Crippen LogP contribution is -2.41. The fourth-order valence-electron chi connectivity index (χ4n) is 1.43. The fourth-order valence-corrected chi connectivity index (χ4v) is 3.60. The van der Waals surface area contributed by atoms with Crippen LogP contribution < -0.4 is 10.5 Å². The molecule has 1 aromatic rings. The average Bonchev–Trinajstić information content (AvgIpc) is 2.21. The van der Waals surface area contributed by atoms with Gasteiger partial charge in [-0.25, -0.2) is 13.1 Å². The van der Waals surface area contributed by atoms with Gasteiger partial charge in [0.1, 0.15) is 0 Å². The monoisotopic (exact) mass is 348 g/mol. The van der Waals surface area contributed by atoms with E-state index >= 15 is 0 Å². The highest BCUT2D eigenvalue weighted by Crippen LogP contribution is 2.28. The molecule has 0 bridgehead atoms. The van der Waals surface area contributed by atoms with Crippen LogP contribution >= 0.6 is 15.9 Å². The number of hydrogen-bond acceptors (Lipinski definition) is 3. The van der Waals surface area contributed by atoms with Crippen LogP contribution in [0.2, 0.25) is 0 Å². The van der Waals surface area contributed by atoms with E-state index in [1.54, 1.807) is 13.0 Å². The molecule has 19 heavy (non-hydrogen) atoms. The molecule has 0 amide bonds. The molecule has 1 aromatic carbocycles. The van der Waals surface area contributed by atoms with E-state index in [0.717, 1.165) is 0 Å². The van der Waals surface area contributed by atoms with Crippen LogP contribution in [0.3, 0.4) is 0 Å². The Bertz CT molecular complexity index is 577. The predicted octanol–water partition coefficient (Wildman–Crippen LogP) is 3.05. The molecule has 3 N–H and O–H groups in total. The molecule has 0 radical (unpaired) electrons. The molecule has 0 heterocycles. The SMILES string of the molecule is Cc1cc(Br)c(N)cc1S(=O)(=O)NC(C)C(C)(C)C. The van der Waals surface area contributed by atoms with Gasteiger partial charge in [-0.15, -0.1) is 0 Å². The zero-order valence-corrected chi connectivity index (χ0v) is 14.3. The third-order valence-corrected chi connectivity index (χ3v) is 5.58. The van der Waals surface area contributed by atoms with Crippen molar-refractivity contribution in [1.82, 2.24) is 4.72 Å². The minimum absolute atomic E-state index is 0.151. The second kappa shape index (κ2) is 5.42. The van der Waals surface area contributed by atoms with Crippen LogP contribution in [-0.2, 0) is 10.0 Å². The predicted molar refractivity (Wildman–Crippen MR) is 82.5 cm³/mol. The Morgan fingerprint density at radius 3 is 2.32 bits per heavy atom. The lowest BCUT2D eigenvalue weighted by atomic mass is 9.89. The van der Waals surface area contributed by atoms with Gasteiger partial charge in [0.15, 0.2) is 0 Å². The Labute approximate surface area is 124 Å². The van der Waals surface area contributed by atoms with E-state index in [1.165, 1.54) is 6.07 Å². The number of halogens is 1. The Morgan fingerprint density at radius 2 is 1.84 bits per heavy atom. The van der Waals surface area contributed by atoms with Crippen molar-refractivity contribution in [2.45, 2.75) is 45.6 Å². The van der Waals surface area contributed by atoms with Crippen molar-refractivity contribution in [3.05, 3.63) is 22.2 Å². The minimum Gasteiger partial charge on any atom is -0.398 e. The maximum absolute atomic E-state index is 12.4. The second-order valence-corrected chi connectivity index (χ2v) is 8.38. The van der Waals surface area contributed by atoms with E-state index in [9.17, 15) is 8.42 Å². The maximum Gasteiger partial charge on any atom is 0.241 e. The second-order valence-electron chi connectivity index (χ2n) is 5.85. The van der Waals surface area contributed by atoms with Gasteiger partial charge < -0.3 is 5.73 Å². The first-order valence-electron chi connectivity index (χ1n) is 6.03.